The number of nitrogens with zero attached hydrogens (tertiary/aromatic N) is 4. The molecule has 2 aromatic rings. The Morgan fingerprint density at radius 2 is 2.24 bits per heavy atom. The molecule has 1 aliphatic rings. The van der Waals surface area contributed by atoms with Gasteiger partial charge in [0.25, 0.3) is 0 Å². The van der Waals surface area contributed by atoms with Crippen LogP contribution in [0.2, 0.25) is 0 Å². The van der Waals surface area contributed by atoms with Gasteiger partial charge < -0.3 is 10.1 Å². The van der Waals surface area contributed by atoms with Gasteiger partial charge >= 0.3 is 0 Å². The summed E-state index contributed by atoms with van der Waals surface area (Å²) in [5.74, 6) is 1.75. The first-order chi connectivity index (χ1) is 10.3. The van der Waals surface area contributed by atoms with Crippen LogP contribution < -0.4 is 10.1 Å². The van der Waals surface area contributed by atoms with Crippen molar-refractivity contribution in [1.29, 1.82) is 0 Å². The molecule has 1 unspecified atom stereocenters. The van der Waals surface area contributed by atoms with E-state index in [1.54, 1.807) is 18.9 Å². The van der Waals surface area contributed by atoms with E-state index in [1.807, 2.05) is 29.9 Å². The minimum absolute atomic E-state index is 0.190. The van der Waals surface area contributed by atoms with E-state index in [9.17, 15) is 0 Å². The summed E-state index contributed by atoms with van der Waals surface area (Å²) in [7, 11) is 3.66. The van der Waals surface area contributed by atoms with E-state index in [0.29, 0.717) is 6.04 Å². The van der Waals surface area contributed by atoms with Crippen LogP contribution in [0.15, 0.2) is 29.4 Å². The lowest BCUT2D eigenvalue weighted by Crippen LogP contribution is -2.19. The Hall–Kier alpha value is -1.60. The van der Waals surface area contributed by atoms with Crippen LogP contribution in [0, 0.1) is 0 Å². The zero-order valence-electron chi connectivity index (χ0n) is 12.2. The molecular weight excluding hydrogens is 286 g/mol. The van der Waals surface area contributed by atoms with E-state index in [-0.39, 0.29) is 6.04 Å². The first-order valence-electron chi connectivity index (χ1n) is 7.04. The fraction of sp³-hybridized carbons (Fsp3) is 0.500. The highest BCUT2D eigenvalue weighted by molar-refractivity contribution is 7.99. The molecular formula is C14H19N5OS. The monoisotopic (exact) mass is 305 g/mol. The van der Waals surface area contributed by atoms with E-state index in [1.165, 1.54) is 12.8 Å². The third kappa shape index (κ3) is 3.19. The lowest BCUT2D eigenvalue weighted by molar-refractivity contribution is 0.404. The summed E-state index contributed by atoms with van der Waals surface area (Å²) in [5, 5.41) is 16.2. The van der Waals surface area contributed by atoms with Gasteiger partial charge in [0.15, 0.2) is 0 Å². The number of rotatable bonds is 7. The number of para-hydroxylation sites is 1. The lowest BCUT2D eigenvalue weighted by Gasteiger charge is -2.18. The van der Waals surface area contributed by atoms with E-state index >= 15 is 0 Å². The maximum Gasteiger partial charge on any atom is 0.209 e. The Kier molecular flexibility index (Phi) is 4.40. The summed E-state index contributed by atoms with van der Waals surface area (Å²) in [6.07, 6.45) is 2.36. The summed E-state index contributed by atoms with van der Waals surface area (Å²) in [6, 6.07) is 8.78. The van der Waals surface area contributed by atoms with Gasteiger partial charge in [-0.2, -0.15) is 0 Å². The number of ether oxygens (including phenoxy) is 1. The van der Waals surface area contributed by atoms with Gasteiger partial charge in [0.2, 0.25) is 5.16 Å². The van der Waals surface area contributed by atoms with E-state index in [2.05, 4.69) is 26.9 Å². The second-order valence-electron chi connectivity index (χ2n) is 5.03. The van der Waals surface area contributed by atoms with Crippen molar-refractivity contribution in [3.05, 3.63) is 29.8 Å². The molecule has 1 atom stereocenters. The highest BCUT2D eigenvalue weighted by atomic mass is 32.2. The van der Waals surface area contributed by atoms with Crippen LogP contribution >= 0.6 is 11.8 Å². The van der Waals surface area contributed by atoms with Gasteiger partial charge in [0, 0.05) is 17.4 Å². The van der Waals surface area contributed by atoms with Crippen LogP contribution in [0.4, 0.5) is 0 Å². The van der Waals surface area contributed by atoms with Crippen LogP contribution in [0.5, 0.6) is 5.75 Å². The molecule has 3 rings (SSSR count). The first kappa shape index (κ1) is 14.3. The van der Waals surface area contributed by atoms with Gasteiger partial charge in [-0.3, -0.25) is 0 Å². The topological polar surface area (TPSA) is 64.9 Å². The molecule has 0 radical (unpaired) electrons. The van der Waals surface area contributed by atoms with Crippen LogP contribution in [0.25, 0.3) is 0 Å². The molecule has 0 spiro atoms. The Labute approximate surface area is 128 Å². The molecule has 1 heterocycles. The van der Waals surface area contributed by atoms with Crippen molar-refractivity contribution in [2.75, 3.05) is 19.9 Å². The largest absolute Gasteiger partial charge is 0.496 e. The molecule has 1 N–H and O–H groups in total. The standard InChI is InChI=1S/C14H19N5OS/c1-15-12(11-5-3-4-6-13(11)20-2)9-21-14-16-17-18-19(14)10-7-8-10/h3-6,10,12,15H,7-9H2,1-2H3. The Balaban J connectivity index is 1.71. The van der Waals surface area contributed by atoms with Crippen LogP contribution in [0.3, 0.4) is 0 Å². The van der Waals surface area contributed by atoms with Gasteiger partial charge in [-0.05, 0) is 36.4 Å². The smallest absolute Gasteiger partial charge is 0.209 e. The van der Waals surface area contributed by atoms with Crippen molar-refractivity contribution in [3.63, 3.8) is 0 Å². The Morgan fingerprint density at radius 3 is 2.95 bits per heavy atom. The number of aromatic nitrogens is 4. The second-order valence-corrected chi connectivity index (χ2v) is 6.02. The zero-order chi connectivity index (χ0) is 14.7. The van der Waals surface area contributed by atoms with Gasteiger partial charge in [-0.15, -0.1) is 5.10 Å². The quantitative estimate of drug-likeness (QED) is 0.790. The summed E-state index contributed by atoms with van der Waals surface area (Å²) in [6.45, 7) is 0. The van der Waals surface area contributed by atoms with Crippen molar-refractivity contribution >= 4 is 11.8 Å². The molecule has 0 saturated heterocycles. The Morgan fingerprint density at radius 1 is 1.43 bits per heavy atom. The highest BCUT2D eigenvalue weighted by Gasteiger charge is 2.28. The molecule has 112 valence electrons. The molecule has 0 bridgehead atoms. The maximum absolute atomic E-state index is 5.44. The van der Waals surface area contributed by atoms with Crippen molar-refractivity contribution in [3.8, 4) is 5.75 Å². The van der Waals surface area contributed by atoms with E-state index in [4.69, 9.17) is 4.74 Å². The van der Waals surface area contributed by atoms with Crippen LogP contribution in [-0.4, -0.2) is 40.1 Å². The number of thioether (sulfide) groups is 1. The lowest BCUT2D eigenvalue weighted by atomic mass is 10.1. The van der Waals surface area contributed by atoms with Gasteiger partial charge in [-0.25, -0.2) is 4.68 Å². The SMILES string of the molecule is CNC(CSc1nnnn1C1CC1)c1ccccc1OC. The average molecular weight is 305 g/mol. The predicted octanol–water partition coefficient (Wildman–Crippen LogP) is 2.07. The van der Waals surface area contributed by atoms with Crippen molar-refractivity contribution in [1.82, 2.24) is 25.5 Å². The number of tetrazole rings is 1. The fourth-order valence-corrected chi connectivity index (χ4v) is 3.34. The maximum atomic E-state index is 5.44. The minimum atomic E-state index is 0.190. The van der Waals surface area contributed by atoms with Crippen LogP contribution in [-0.2, 0) is 0 Å². The van der Waals surface area contributed by atoms with E-state index < -0.39 is 0 Å². The van der Waals surface area contributed by atoms with Crippen molar-refractivity contribution in [2.24, 2.45) is 0 Å². The van der Waals surface area contributed by atoms with Gasteiger partial charge in [0.05, 0.1) is 13.2 Å². The normalized spacial score (nSPS) is 15.9. The van der Waals surface area contributed by atoms with E-state index in [0.717, 1.165) is 22.2 Å². The number of hydrogen-bond donors (Lipinski definition) is 1. The summed E-state index contributed by atoms with van der Waals surface area (Å²) in [4.78, 5) is 0. The summed E-state index contributed by atoms with van der Waals surface area (Å²) >= 11 is 1.68. The van der Waals surface area contributed by atoms with Crippen molar-refractivity contribution < 1.29 is 4.74 Å². The molecule has 7 heteroatoms. The third-order valence-electron chi connectivity index (χ3n) is 3.60. The van der Waals surface area contributed by atoms with Crippen molar-refractivity contribution in [2.45, 2.75) is 30.1 Å². The van der Waals surface area contributed by atoms with Gasteiger partial charge in [-0.1, -0.05) is 30.0 Å². The zero-order valence-corrected chi connectivity index (χ0v) is 13.0. The molecule has 21 heavy (non-hydrogen) atoms. The molecule has 0 amide bonds. The third-order valence-corrected chi connectivity index (χ3v) is 4.62. The van der Waals surface area contributed by atoms with Crippen LogP contribution in [0.1, 0.15) is 30.5 Å². The second kappa shape index (κ2) is 6.44. The molecule has 1 aliphatic carbocycles. The molecule has 1 fully saturated rings. The summed E-state index contributed by atoms with van der Waals surface area (Å²) in [5.41, 5.74) is 1.15. The molecule has 1 aromatic heterocycles. The highest BCUT2D eigenvalue weighted by Crippen LogP contribution is 2.37. The molecule has 1 aromatic carbocycles. The molecule has 0 aliphatic heterocycles. The summed E-state index contributed by atoms with van der Waals surface area (Å²) < 4.78 is 7.39. The number of hydrogen-bond acceptors (Lipinski definition) is 6. The fourth-order valence-electron chi connectivity index (χ4n) is 2.27. The van der Waals surface area contributed by atoms with Gasteiger partial charge in [0.1, 0.15) is 5.75 Å². The predicted molar refractivity (Wildman–Crippen MR) is 81.6 cm³/mol. The number of nitrogens with one attached hydrogen (secondary N) is 1. The number of methoxy groups -OCH3 is 1. The minimum Gasteiger partial charge on any atom is -0.496 e. The number of benzene rings is 1. The molecule has 6 nitrogen and oxygen atoms in total. The molecule has 1 saturated carbocycles. The Bertz CT molecular complexity index is 599. The average Bonchev–Trinajstić information content (AvgIpc) is 3.27. The first-order valence-corrected chi connectivity index (χ1v) is 8.03.